The molecule has 6 heteroatoms. The van der Waals surface area contributed by atoms with Crippen LogP contribution in [0.1, 0.15) is 30.0 Å². The van der Waals surface area contributed by atoms with Gasteiger partial charge in [-0.3, -0.25) is 9.89 Å². The van der Waals surface area contributed by atoms with E-state index in [4.69, 9.17) is 0 Å². The van der Waals surface area contributed by atoms with E-state index in [1.54, 1.807) is 24.4 Å². The Kier molecular flexibility index (Phi) is 4.17. The fraction of sp³-hybridized carbons (Fsp3) is 0.316. The van der Waals surface area contributed by atoms with Crippen LogP contribution in [0.15, 0.2) is 42.6 Å². The standard InChI is InChI=1S/C19H19FN4O/c20-16-8-2-1-5-13(16)11-17(25)24-10-4-6-14(12-24)18-15-7-3-9-21-19(15)23-22-18/h1-3,5,7-9,14H,4,6,10-12H2,(H,21,22,23)/t14-/m1/s1. The fourth-order valence-electron chi connectivity index (χ4n) is 3.54. The molecule has 0 aliphatic carbocycles. The predicted molar refractivity (Wildman–Crippen MR) is 92.5 cm³/mol. The summed E-state index contributed by atoms with van der Waals surface area (Å²) < 4.78 is 13.8. The number of nitrogens with one attached hydrogen (secondary N) is 1. The first kappa shape index (κ1) is 15.7. The van der Waals surface area contributed by atoms with Crippen LogP contribution in [-0.2, 0) is 11.2 Å². The second kappa shape index (κ2) is 6.63. The summed E-state index contributed by atoms with van der Waals surface area (Å²) in [5.41, 5.74) is 2.18. The summed E-state index contributed by atoms with van der Waals surface area (Å²) in [7, 11) is 0. The monoisotopic (exact) mass is 338 g/mol. The van der Waals surface area contributed by atoms with E-state index in [1.165, 1.54) is 6.07 Å². The Morgan fingerprint density at radius 1 is 1.28 bits per heavy atom. The van der Waals surface area contributed by atoms with E-state index in [0.717, 1.165) is 23.9 Å². The van der Waals surface area contributed by atoms with Gasteiger partial charge in [0.25, 0.3) is 0 Å². The molecule has 5 nitrogen and oxygen atoms in total. The molecule has 0 radical (unpaired) electrons. The van der Waals surface area contributed by atoms with Gasteiger partial charge in [0.05, 0.1) is 6.42 Å². The summed E-state index contributed by atoms with van der Waals surface area (Å²) >= 11 is 0. The molecule has 25 heavy (non-hydrogen) atoms. The number of hydrogen-bond donors (Lipinski definition) is 1. The molecule has 0 unspecified atom stereocenters. The first-order valence-electron chi connectivity index (χ1n) is 8.52. The zero-order chi connectivity index (χ0) is 17.2. The molecule has 1 saturated heterocycles. The predicted octanol–water partition coefficient (Wildman–Crippen LogP) is 3.05. The van der Waals surface area contributed by atoms with E-state index in [0.29, 0.717) is 24.3 Å². The number of fused-ring (bicyclic) bond motifs is 1. The number of amides is 1. The Bertz CT molecular complexity index is 907. The lowest BCUT2D eigenvalue weighted by Crippen LogP contribution is -2.40. The molecule has 1 amide bonds. The molecule has 3 heterocycles. The summed E-state index contributed by atoms with van der Waals surface area (Å²) in [6.45, 7) is 1.34. The molecule has 1 N–H and O–H groups in total. The number of carbonyl (C=O) groups excluding carboxylic acids is 1. The van der Waals surface area contributed by atoms with Crippen LogP contribution < -0.4 is 0 Å². The van der Waals surface area contributed by atoms with Crippen LogP contribution in [0.5, 0.6) is 0 Å². The molecule has 1 fully saturated rings. The van der Waals surface area contributed by atoms with E-state index < -0.39 is 0 Å². The number of carbonyl (C=O) groups is 1. The van der Waals surface area contributed by atoms with Crippen LogP contribution in [0.2, 0.25) is 0 Å². The van der Waals surface area contributed by atoms with Gasteiger partial charge in [-0.15, -0.1) is 0 Å². The third-order valence-electron chi connectivity index (χ3n) is 4.84. The number of likely N-dealkylation sites (tertiary alicyclic amines) is 1. The van der Waals surface area contributed by atoms with Gasteiger partial charge in [-0.2, -0.15) is 5.10 Å². The van der Waals surface area contributed by atoms with Gasteiger partial charge in [0, 0.05) is 36.3 Å². The number of rotatable bonds is 3. The molecular weight excluding hydrogens is 319 g/mol. The lowest BCUT2D eigenvalue weighted by molar-refractivity contribution is -0.131. The van der Waals surface area contributed by atoms with E-state index in [9.17, 15) is 9.18 Å². The van der Waals surface area contributed by atoms with Gasteiger partial charge < -0.3 is 4.90 Å². The van der Waals surface area contributed by atoms with Crippen molar-refractivity contribution in [2.75, 3.05) is 13.1 Å². The van der Waals surface area contributed by atoms with Gasteiger partial charge in [0.2, 0.25) is 5.91 Å². The lowest BCUT2D eigenvalue weighted by Gasteiger charge is -2.32. The van der Waals surface area contributed by atoms with Crippen molar-refractivity contribution in [1.29, 1.82) is 0 Å². The maximum atomic E-state index is 13.8. The molecule has 1 aliphatic heterocycles. The van der Waals surface area contributed by atoms with Crippen LogP contribution in [0.3, 0.4) is 0 Å². The van der Waals surface area contributed by atoms with Crippen molar-refractivity contribution in [3.8, 4) is 0 Å². The van der Waals surface area contributed by atoms with Gasteiger partial charge in [0.15, 0.2) is 5.65 Å². The highest BCUT2D eigenvalue weighted by Gasteiger charge is 2.27. The van der Waals surface area contributed by atoms with E-state index >= 15 is 0 Å². The zero-order valence-corrected chi connectivity index (χ0v) is 13.8. The number of pyridine rings is 1. The van der Waals surface area contributed by atoms with Crippen molar-refractivity contribution in [2.45, 2.75) is 25.2 Å². The number of H-pyrrole nitrogens is 1. The zero-order valence-electron chi connectivity index (χ0n) is 13.8. The summed E-state index contributed by atoms with van der Waals surface area (Å²) in [6.07, 6.45) is 3.74. The Balaban J connectivity index is 1.51. The summed E-state index contributed by atoms with van der Waals surface area (Å²) in [6, 6.07) is 10.4. The summed E-state index contributed by atoms with van der Waals surface area (Å²) in [5.74, 6) is -0.153. The number of piperidine rings is 1. The third-order valence-corrected chi connectivity index (χ3v) is 4.84. The van der Waals surface area contributed by atoms with Gasteiger partial charge in [0.1, 0.15) is 5.82 Å². The molecule has 2 aromatic heterocycles. The Morgan fingerprint density at radius 3 is 3.04 bits per heavy atom. The SMILES string of the molecule is O=C(Cc1ccccc1F)N1CCC[C@@H](c2[nH]nc3ncccc23)C1. The van der Waals surface area contributed by atoms with Gasteiger partial charge in [-0.05, 0) is 36.6 Å². The smallest absolute Gasteiger partial charge is 0.227 e. The topological polar surface area (TPSA) is 61.9 Å². The number of hydrogen-bond acceptors (Lipinski definition) is 3. The van der Waals surface area contributed by atoms with Crippen LogP contribution in [0.25, 0.3) is 11.0 Å². The van der Waals surface area contributed by atoms with Gasteiger partial charge in [-0.1, -0.05) is 18.2 Å². The molecule has 0 saturated carbocycles. The largest absolute Gasteiger partial charge is 0.342 e. The third kappa shape index (κ3) is 3.12. The van der Waals surface area contributed by atoms with Crippen molar-refractivity contribution >= 4 is 16.9 Å². The first-order chi connectivity index (χ1) is 12.2. The molecule has 1 aliphatic rings. The van der Waals surface area contributed by atoms with Crippen molar-refractivity contribution < 1.29 is 9.18 Å². The van der Waals surface area contributed by atoms with Gasteiger partial charge in [-0.25, -0.2) is 9.37 Å². The van der Waals surface area contributed by atoms with Gasteiger partial charge >= 0.3 is 0 Å². The minimum absolute atomic E-state index is 0.0308. The highest BCUT2D eigenvalue weighted by atomic mass is 19.1. The van der Waals surface area contributed by atoms with Crippen molar-refractivity contribution in [2.24, 2.45) is 0 Å². The summed E-state index contributed by atoms with van der Waals surface area (Å²) in [5, 5.41) is 8.36. The minimum atomic E-state index is -0.324. The fourth-order valence-corrected chi connectivity index (χ4v) is 3.54. The molecule has 4 rings (SSSR count). The van der Waals surface area contributed by atoms with Crippen LogP contribution in [0.4, 0.5) is 4.39 Å². The maximum absolute atomic E-state index is 13.8. The number of aromatic amines is 1. The van der Waals surface area contributed by atoms with Crippen LogP contribution >= 0.6 is 0 Å². The average molecular weight is 338 g/mol. The minimum Gasteiger partial charge on any atom is -0.342 e. The number of nitrogens with zero attached hydrogens (tertiary/aromatic N) is 3. The molecule has 1 aromatic carbocycles. The Labute approximate surface area is 144 Å². The van der Waals surface area contributed by atoms with Crippen molar-refractivity contribution in [3.63, 3.8) is 0 Å². The number of halogens is 1. The second-order valence-corrected chi connectivity index (χ2v) is 6.46. The normalized spacial score (nSPS) is 17.8. The summed E-state index contributed by atoms with van der Waals surface area (Å²) in [4.78, 5) is 18.7. The lowest BCUT2D eigenvalue weighted by atomic mass is 9.93. The first-order valence-corrected chi connectivity index (χ1v) is 8.52. The van der Waals surface area contributed by atoms with Crippen LogP contribution in [-0.4, -0.2) is 39.1 Å². The Morgan fingerprint density at radius 2 is 2.16 bits per heavy atom. The highest BCUT2D eigenvalue weighted by molar-refractivity contribution is 5.80. The molecule has 3 aromatic rings. The Hall–Kier alpha value is -2.76. The van der Waals surface area contributed by atoms with E-state index in [1.807, 2.05) is 17.0 Å². The molecular formula is C19H19FN4O. The van der Waals surface area contributed by atoms with Crippen LogP contribution in [0, 0.1) is 5.82 Å². The quantitative estimate of drug-likeness (QED) is 0.798. The number of aromatic nitrogens is 3. The van der Waals surface area contributed by atoms with Crippen molar-refractivity contribution in [3.05, 3.63) is 59.7 Å². The molecule has 128 valence electrons. The molecule has 0 bridgehead atoms. The van der Waals surface area contributed by atoms with E-state index in [-0.39, 0.29) is 24.1 Å². The average Bonchev–Trinajstić information content (AvgIpc) is 3.08. The number of benzene rings is 1. The molecule has 0 spiro atoms. The second-order valence-electron chi connectivity index (χ2n) is 6.46. The highest BCUT2D eigenvalue weighted by Crippen LogP contribution is 2.30. The van der Waals surface area contributed by atoms with Crippen molar-refractivity contribution in [1.82, 2.24) is 20.1 Å². The maximum Gasteiger partial charge on any atom is 0.227 e. The van der Waals surface area contributed by atoms with E-state index in [2.05, 4.69) is 15.2 Å². The molecule has 1 atom stereocenters.